The number of pyridine rings is 1. The van der Waals surface area contributed by atoms with Crippen molar-refractivity contribution in [2.24, 2.45) is 0 Å². The second kappa shape index (κ2) is 8.13. The third-order valence-electron chi connectivity index (χ3n) is 3.35. The lowest BCUT2D eigenvalue weighted by Crippen LogP contribution is -2.29. The molecule has 0 aliphatic rings. The number of carbonyl (C=O) groups excluding carboxylic acids is 1. The number of hydrogen-bond donors (Lipinski definition) is 1. The Morgan fingerprint density at radius 1 is 1.35 bits per heavy atom. The standard InChI is InChI=1S/C17H21ClN2O3/c1-12(2)23-9-3-7-19-17(22)11-20-8-6-16(21)14-5-4-13(18)10-15(14)20/h4-6,8,10,12H,3,7,9,11H2,1-2H3,(H,19,22). The zero-order valence-corrected chi connectivity index (χ0v) is 14.1. The molecule has 0 saturated carbocycles. The third kappa shape index (κ3) is 5.08. The fourth-order valence-electron chi connectivity index (χ4n) is 2.25. The Morgan fingerprint density at radius 3 is 2.87 bits per heavy atom. The minimum absolute atomic E-state index is 0.0841. The molecule has 0 atom stereocenters. The quantitative estimate of drug-likeness (QED) is 0.791. The summed E-state index contributed by atoms with van der Waals surface area (Å²) < 4.78 is 7.14. The third-order valence-corrected chi connectivity index (χ3v) is 3.58. The van der Waals surface area contributed by atoms with Crippen LogP contribution >= 0.6 is 11.6 Å². The van der Waals surface area contributed by atoms with Gasteiger partial charge in [-0.25, -0.2) is 0 Å². The van der Waals surface area contributed by atoms with Crippen molar-refractivity contribution in [2.45, 2.75) is 32.9 Å². The number of nitrogens with one attached hydrogen (secondary N) is 1. The molecule has 1 N–H and O–H groups in total. The molecule has 6 heteroatoms. The van der Waals surface area contributed by atoms with Crippen molar-refractivity contribution in [2.75, 3.05) is 13.2 Å². The number of ether oxygens (including phenoxy) is 1. The summed E-state index contributed by atoms with van der Waals surface area (Å²) in [5, 5.41) is 3.93. The van der Waals surface area contributed by atoms with Gasteiger partial charge in [-0.3, -0.25) is 9.59 Å². The first kappa shape index (κ1) is 17.5. The molecule has 1 amide bonds. The average molecular weight is 337 g/mol. The van der Waals surface area contributed by atoms with Crippen LogP contribution < -0.4 is 10.7 Å². The van der Waals surface area contributed by atoms with Crippen molar-refractivity contribution in [3.05, 3.63) is 45.7 Å². The number of aromatic nitrogens is 1. The molecule has 124 valence electrons. The number of halogens is 1. The maximum Gasteiger partial charge on any atom is 0.239 e. The topological polar surface area (TPSA) is 60.3 Å². The number of nitrogens with zero attached hydrogens (tertiary/aromatic N) is 1. The van der Waals surface area contributed by atoms with Gasteiger partial charge in [-0.2, -0.15) is 0 Å². The fourth-order valence-corrected chi connectivity index (χ4v) is 2.41. The molecule has 0 fully saturated rings. The summed E-state index contributed by atoms with van der Waals surface area (Å²) >= 11 is 5.99. The number of amides is 1. The van der Waals surface area contributed by atoms with Gasteiger partial charge in [0.1, 0.15) is 6.54 Å². The molecule has 0 spiro atoms. The Kier molecular flexibility index (Phi) is 6.19. The highest BCUT2D eigenvalue weighted by Gasteiger charge is 2.07. The maximum atomic E-state index is 12.0. The molecule has 1 aromatic carbocycles. The van der Waals surface area contributed by atoms with E-state index < -0.39 is 0 Å². The van der Waals surface area contributed by atoms with Gasteiger partial charge in [-0.15, -0.1) is 0 Å². The number of carbonyl (C=O) groups is 1. The predicted molar refractivity (Wildman–Crippen MR) is 91.9 cm³/mol. The van der Waals surface area contributed by atoms with Crippen molar-refractivity contribution in [1.82, 2.24) is 9.88 Å². The van der Waals surface area contributed by atoms with Crippen LogP contribution in [0.15, 0.2) is 35.3 Å². The average Bonchev–Trinajstić information content (AvgIpc) is 2.49. The van der Waals surface area contributed by atoms with E-state index in [2.05, 4.69) is 5.32 Å². The number of fused-ring (bicyclic) bond motifs is 1. The lowest BCUT2D eigenvalue weighted by Gasteiger charge is -2.12. The highest BCUT2D eigenvalue weighted by molar-refractivity contribution is 6.31. The highest BCUT2D eigenvalue weighted by Crippen LogP contribution is 2.16. The molecular formula is C17H21ClN2O3. The van der Waals surface area contributed by atoms with Gasteiger partial charge in [-0.1, -0.05) is 11.6 Å². The zero-order chi connectivity index (χ0) is 16.8. The Morgan fingerprint density at radius 2 is 2.13 bits per heavy atom. The maximum absolute atomic E-state index is 12.0. The summed E-state index contributed by atoms with van der Waals surface area (Å²) in [7, 11) is 0. The molecule has 0 aliphatic heterocycles. The Balaban J connectivity index is 1.99. The molecular weight excluding hydrogens is 316 g/mol. The first-order valence-electron chi connectivity index (χ1n) is 7.64. The lowest BCUT2D eigenvalue weighted by molar-refractivity contribution is -0.121. The first-order valence-corrected chi connectivity index (χ1v) is 8.02. The van der Waals surface area contributed by atoms with Crippen molar-refractivity contribution < 1.29 is 9.53 Å². The zero-order valence-electron chi connectivity index (χ0n) is 13.3. The van der Waals surface area contributed by atoms with Crippen molar-refractivity contribution in [3.8, 4) is 0 Å². The molecule has 5 nitrogen and oxygen atoms in total. The van der Waals surface area contributed by atoms with E-state index in [0.717, 1.165) is 6.42 Å². The van der Waals surface area contributed by atoms with Gasteiger partial charge >= 0.3 is 0 Å². The van der Waals surface area contributed by atoms with Crippen LogP contribution in [0.1, 0.15) is 20.3 Å². The van der Waals surface area contributed by atoms with E-state index in [1.165, 1.54) is 6.07 Å². The smallest absolute Gasteiger partial charge is 0.239 e. The van der Waals surface area contributed by atoms with Crippen molar-refractivity contribution in [3.63, 3.8) is 0 Å². The molecule has 1 aromatic heterocycles. The van der Waals surface area contributed by atoms with E-state index >= 15 is 0 Å². The van der Waals surface area contributed by atoms with Gasteiger partial charge in [-0.05, 0) is 38.5 Å². The van der Waals surface area contributed by atoms with Gasteiger partial charge < -0.3 is 14.6 Å². The Bertz CT molecular complexity index is 740. The van der Waals surface area contributed by atoms with E-state index in [4.69, 9.17) is 16.3 Å². The van der Waals surface area contributed by atoms with Crippen LogP contribution in [0.4, 0.5) is 0 Å². The summed E-state index contributed by atoms with van der Waals surface area (Å²) in [5.41, 5.74) is 0.572. The van der Waals surface area contributed by atoms with Crippen molar-refractivity contribution >= 4 is 28.4 Å². The normalized spacial score (nSPS) is 11.1. The highest BCUT2D eigenvalue weighted by atomic mass is 35.5. The van der Waals surface area contributed by atoms with Crippen LogP contribution in [0.2, 0.25) is 5.02 Å². The Hall–Kier alpha value is -1.85. The number of rotatable bonds is 7. The molecule has 0 saturated heterocycles. The fraction of sp³-hybridized carbons (Fsp3) is 0.412. The molecule has 2 aromatic rings. The summed E-state index contributed by atoms with van der Waals surface area (Å²) in [5.74, 6) is -0.112. The van der Waals surface area contributed by atoms with Crippen LogP contribution in [0.5, 0.6) is 0 Å². The van der Waals surface area contributed by atoms with Gasteiger partial charge in [0, 0.05) is 35.8 Å². The molecule has 1 heterocycles. The van der Waals surface area contributed by atoms with E-state index in [9.17, 15) is 9.59 Å². The van der Waals surface area contributed by atoms with Gasteiger partial charge in [0.2, 0.25) is 5.91 Å². The largest absolute Gasteiger partial charge is 0.379 e. The second-order valence-corrected chi connectivity index (χ2v) is 6.03. The first-order chi connectivity index (χ1) is 11.0. The van der Waals surface area contributed by atoms with Gasteiger partial charge in [0.15, 0.2) is 5.43 Å². The van der Waals surface area contributed by atoms with E-state index in [0.29, 0.717) is 29.1 Å². The molecule has 0 bridgehead atoms. The monoisotopic (exact) mass is 336 g/mol. The molecule has 2 rings (SSSR count). The van der Waals surface area contributed by atoms with Crippen LogP contribution in [0, 0.1) is 0 Å². The molecule has 0 aliphatic carbocycles. The summed E-state index contributed by atoms with van der Waals surface area (Å²) in [6, 6.07) is 6.50. The number of hydrogen-bond acceptors (Lipinski definition) is 3. The van der Waals surface area contributed by atoms with Crippen LogP contribution in [0.3, 0.4) is 0 Å². The van der Waals surface area contributed by atoms with Crippen molar-refractivity contribution in [1.29, 1.82) is 0 Å². The minimum Gasteiger partial charge on any atom is -0.379 e. The SMILES string of the molecule is CC(C)OCCCNC(=O)Cn1ccc(=O)c2ccc(Cl)cc21. The van der Waals surface area contributed by atoms with Crippen LogP contribution in [-0.2, 0) is 16.1 Å². The molecule has 0 radical (unpaired) electrons. The van der Waals surface area contributed by atoms with Crippen LogP contribution in [-0.4, -0.2) is 29.7 Å². The van der Waals surface area contributed by atoms with E-state index in [1.54, 1.807) is 29.0 Å². The molecule has 23 heavy (non-hydrogen) atoms. The summed E-state index contributed by atoms with van der Waals surface area (Å²) in [6.45, 7) is 5.28. The minimum atomic E-state index is -0.112. The summed E-state index contributed by atoms with van der Waals surface area (Å²) in [4.78, 5) is 23.9. The second-order valence-electron chi connectivity index (χ2n) is 5.59. The predicted octanol–water partition coefficient (Wildman–Crippen LogP) is 2.59. The summed E-state index contributed by atoms with van der Waals surface area (Å²) in [6.07, 6.45) is 2.58. The van der Waals surface area contributed by atoms with Gasteiger partial charge in [0.25, 0.3) is 0 Å². The van der Waals surface area contributed by atoms with Gasteiger partial charge in [0.05, 0.1) is 11.6 Å². The van der Waals surface area contributed by atoms with E-state index in [-0.39, 0.29) is 24.0 Å². The van der Waals surface area contributed by atoms with E-state index in [1.807, 2.05) is 13.8 Å². The number of benzene rings is 1. The molecule has 0 unspecified atom stereocenters. The van der Waals surface area contributed by atoms with Crippen LogP contribution in [0.25, 0.3) is 10.9 Å². The Labute approximate surface area is 140 Å². The lowest BCUT2D eigenvalue weighted by atomic mass is 10.2.